The van der Waals surface area contributed by atoms with E-state index in [1.807, 2.05) is 24.1 Å². The normalized spacial score (nSPS) is 11.5. The van der Waals surface area contributed by atoms with Gasteiger partial charge in [-0.3, -0.25) is 15.0 Å². The second kappa shape index (κ2) is 8.68. The van der Waals surface area contributed by atoms with E-state index in [9.17, 15) is 23.1 Å². The minimum Gasteiger partial charge on any atom is -0.506 e. The number of carbonyl (C=O) groups is 1. The Morgan fingerprint density at radius 1 is 1.10 bits per heavy atom. The molecule has 0 fully saturated rings. The van der Waals surface area contributed by atoms with Gasteiger partial charge >= 0.3 is 0 Å². The number of aromatic hydroxyl groups is 1. The number of nitrogens with zero attached hydrogens (tertiary/aromatic N) is 1. The number of hydrazine groups is 1. The van der Waals surface area contributed by atoms with Crippen LogP contribution in [0.15, 0.2) is 58.2 Å². The molecule has 0 unspecified atom stereocenters. The first kappa shape index (κ1) is 21.5. The van der Waals surface area contributed by atoms with E-state index in [4.69, 9.17) is 0 Å². The zero-order valence-electron chi connectivity index (χ0n) is 16.7. The minimum atomic E-state index is -4.05. The summed E-state index contributed by atoms with van der Waals surface area (Å²) in [5, 5.41) is 10.9. The highest BCUT2D eigenvalue weighted by Crippen LogP contribution is 2.26. The van der Waals surface area contributed by atoms with Crippen LogP contribution in [0.25, 0.3) is 10.9 Å². The smallest absolute Gasteiger partial charge is 0.275 e. The molecule has 2 aromatic carbocycles. The maximum atomic E-state index is 12.9. The predicted octanol–water partition coefficient (Wildman–Crippen LogP) is 2.44. The van der Waals surface area contributed by atoms with Crippen LogP contribution in [0.1, 0.15) is 35.7 Å². The molecule has 0 aliphatic rings. The third kappa shape index (κ3) is 4.22. The van der Waals surface area contributed by atoms with E-state index in [0.29, 0.717) is 23.9 Å². The van der Waals surface area contributed by atoms with Gasteiger partial charge in [0.25, 0.3) is 21.5 Å². The van der Waals surface area contributed by atoms with Crippen LogP contribution in [0.3, 0.4) is 0 Å². The SMILES string of the molecule is CCCCn1c(=O)c(C(=O)NNS(=O)(=O)c2ccc(C)cc2)c(O)c2ccccc21. The van der Waals surface area contributed by atoms with Gasteiger partial charge < -0.3 is 9.67 Å². The standard InChI is InChI=1S/C21H23N3O5S/c1-3-4-13-24-17-8-6-5-7-16(17)19(25)18(21(24)27)20(26)22-23-30(28,29)15-11-9-14(2)10-12-15/h5-12,23,25H,3-4,13H2,1-2H3,(H,22,26). The quantitative estimate of drug-likeness (QED) is 0.499. The lowest BCUT2D eigenvalue weighted by Crippen LogP contribution is -2.44. The molecule has 3 N–H and O–H groups in total. The molecule has 0 aliphatic heterocycles. The number of hydrogen-bond acceptors (Lipinski definition) is 5. The highest BCUT2D eigenvalue weighted by atomic mass is 32.2. The zero-order chi connectivity index (χ0) is 21.9. The number of fused-ring (bicyclic) bond motifs is 1. The molecule has 0 saturated carbocycles. The van der Waals surface area contributed by atoms with Gasteiger partial charge in [-0.15, -0.1) is 4.83 Å². The number of rotatable bonds is 7. The molecule has 158 valence electrons. The third-order valence-corrected chi connectivity index (χ3v) is 6.00. The molecule has 30 heavy (non-hydrogen) atoms. The summed E-state index contributed by atoms with van der Waals surface area (Å²) in [5.74, 6) is -1.53. The van der Waals surface area contributed by atoms with E-state index in [1.54, 1.807) is 36.4 Å². The van der Waals surface area contributed by atoms with Gasteiger partial charge in [0.05, 0.1) is 10.4 Å². The van der Waals surface area contributed by atoms with Crippen molar-refractivity contribution < 1.29 is 18.3 Å². The number of aromatic nitrogens is 1. The van der Waals surface area contributed by atoms with Crippen molar-refractivity contribution >= 4 is 26.8 Å². The Hall–Kier alpha value is -3.17. The van der Waals surface area contributed by atoms with Crippen LogP contribution in [0, 0.1) is 6.92 Å². The van der Waals surface area contributed by atoms with E-state index in [2.05, 4.69) is 0 Å². The molecule has 1 amide bonds. The fourth-order valence-electron chi connectivity index (χ4n) is 3.08. The Kier molecular flexibility index (Phi) is 6.23. The van der Waals surface area contributed by atoms with Crippen LogP contribution in [0.5, 0.6) is 5.75 Å². The summed E-state index contributed by atoms with van der Waals surface area (Å²) in [6, 6.07) is 12.7. The third-order valence-electron chi connectivity index (χ3n) is 4.74. The van der Waals surface area contributed by atoms with Crippen LogP contribution < -0.4 is 15.8 Å². The first-order chi connectivity index (χ1) is 14.3. The molecular weight excluding hydrogens is 406 g/mol. The van der Waals surface area contributed by atoms with E-state index < -0.39 is 32.8 Å². The van der Waals surface area contributed by atoms with Crippen molar-refractivity contribution in [2.24, 2.45) is 0 Å². The Morgan fingerprint density at radius 3 is 2.43 bits per heavy atom. The van der Waals surface area contributed by atoms with Crippen molar-refractivity contribution in [3.05, 3.63) is 70.0 Å². The van der Waals surface area contributed by atoms with Crippen molar-refractivity contribution in [1.82, 2.24) is 14.8 Å². The number of para-hydroxylation sites is 1. The molecule has 0 bridgehead atoms. The number of sulfonamides is 1. The number of aryl methyl sites for hydroxylation is 2. The maximum absolute atomic E-state index is 12.9. The molecule has 1 heterocycles. The Morgan fingerprint density at radius 2 is 1.77 bits per heavy atom. The lowest BCUT2D eigenvalue weighted by Gasteiger charge is -2.15. The van der Waals surface area contributed by atoms with Crippen molar-refractivity contribution in [3.8, 4) is 5.75 Å². The monoisotopic (exact) mass is 429 g/mol. The molecule has 3 aromatic rings. The molecule has 0 saturated heterocycles. The van der Waals surface area contributed by atoms with Crippen LogP contribution in [-0.4, -0.2) is 24.0 Å². The summed E-state index contributed by atoms with van der Waals surface area (Å²) < 4.78 is 26.2. The number of hydrogen-bond donors (Lipinski definition) is 3. The van der Waals surface area contributed by atoms with Gasteiger partial charge in [0.2, 0.25) is 0 Å². The summed E-state index contributed by atoms with van der Waals surface area (Å²) in [6.07, 6.45) is 1.54. The fourth-order valence-corrected chi connectivity index (χ4v) is 3.92. The molecule has 3 rings (SSSR count). The van der Waals surface area contributed by atoms with E-state index >= 15 is 0 Å². The maximum Gasteiger partial charge on any atom is 0.275 e. The van der Waals surface area contributed by atoms with Gasteiger partial charge in [-0.25, -0.2) is 8.42 Å². The summed E-state index contributed by atoms with van der Waals surface area (Å²) in [7, 11) is -4.05. The lowest BCUT2D eigenvalue weighted by atomic mass is 10.1. The first-order valence-corrected chi connectivity index (χ1v) is 11.0. The summed E-state index contributed by atoms with van der Waals surface area (Å²) in [5.41, 5.74) is 2.21. The van der Waals surface area contributed by atoms with E-state index in [0.717, 1.165) is 12.0 Å². The molecule has 1 aromatic heterocycles. The average molecular weight is 429 g/mol. The second-order valence-corrected chi connectivity index (χ2v) is 8.61. The van der Waals surface area contributed by atoms with E-state index in [-0.39, 0.29) is 4.90 Å². The molecule has 0 aliphatic carbocycles. The topological polar surface area (TPSA) is 118 Å². The minimum absolute atomic E-state index is 0.0449. The highest BCUT2D eigenvalue weighted by Gasteiger charge is 2.23. The summed E-state index contributed by atoms with van der Waals surface area (Å²) >= 11 is 0. The van der Waals surface area contributed by atoms with Crippen molar-refractivity contribution in [2.45, 2.75) is 38.1 Å². The number of nitrogens with one attached hydrogen (secondary N) is 2. The van der Waals surface area contributed by atoms with Crippen LogP contribution in [-0.2, 0) is 16.6 Å². The number of benzene rings is 2. The van der Waals surface area contributed by atoms with Crippen molar-refractivity contribution in [2.75, 3.05) is 0 Å². The van der Waals surface area contributed by atoms with E-state index in [1.165, 1.54) is 16.7 Å². The summed E-state index contributed by atoms with van der Waals surface area (Å²) in [4.78, 5) is 27.6. The fraction of sp³-hybridized carbons (Fsp3) is 0.238. The number of amides is 1. The Bertz CT molecular complexity index is 1250. The Balaban J connectivity index is 1.96. The van der Waals surface area contributed by atoms with Gasteiger partial charge in [0, 0.05) is 11.9 Å². The molecule has 9 heteroatoms. The van der Waals surface area contributed by atoms with Crippen LogP contribution in [0.4, 0.5) is 0 Å². The van der Waals surface area contributed by atoms with Crippen LogP contribution in [0.2, 0.25) is 0 Å². The molecule has 0 radical (unpaired) electrons. The van der Waals surface area contributed by atoms with Gasteiger partial charge in [-0.05, 0) is 37.6 Å². The zero-order valence-corrected chi connectivity index (χ0v) is 17.5. The Labute approximate surface area is 174 Å². The average Bonchev–Trinajstić information content (AvgIpc) is 2.73. The number of carbonyl (C=O) groups excluding carboxylic acids is 1. The predicted molar refractivity (Wildman–Crippen MR) is 114 cm³/mol. The highest BCUT2D eigenvalue weighted by molar-refractivity contribution is 7.89. The number of unbranched alkanes of at least 4 members (excludes halogenated alkanes) is 1. The van der Waals surface area contributed by atoms with Crippen LogP contribution >= 0.6 is 0 Å². The molecule has 0 spiro atoms. The van der Waals surface area contributed by atoms with Crippen molar-refractivity contribution in [3.63, 3.8) is 0 Å². The lowest BCUT2D eigenvalue weighted by molar-refractivity contribution is 0.0940. The van der Waals surface area contributed by atoms with Crippen molar-refractivity contribution in [1.29, 1.82) is 0 Å². The van der Waals surface area contributed by atoms with Gasteiger partial charge in [0.1, 0.15) is 11.3 Å². The first-order valence-electron chi connectivity index (χ1n) is 9.49. The molecule has 8 nitrogen and oxygen atoms in total. The number of pyridine rings is 1. The van der Waals surface area contributed by atoms with Gasteiger partial charge in [-0.2, -0.15) is 0 Å². The van der Waals surface area contributed by atoms with Gasteiger partial charge in [-0.1, -0.05) is 43.2 Å². The summed E-state index contributed by atoms with van der Waals surface area (Å²) in [6.45, 7) is 4.16. The van der Waals surface area contributed by atoms with Gasteiger partial charge in [0.15, 0.2) is 0 Å². The second-order valence-electron chi connectivity index (χ2n) is 6.92. The largest absolute Gasteiger partial charge is 0.506 e. The molecular formula is C21H23N3O5S. The molecule has 0 atom stereocenters.